The molecule has 0 unspecified atom stereocenters. The smallest absolute Gasteiger partial charge is 0.354 e. The molecule has 92 valence electrons. The van der Waals surface area contributed by atoms with E-state index in [-0.39, 0.29) is 27.0 Å². The Morgan fingerprint density at radius 1 is 1.17 bits per heavy atom. The van der Waals surface area contributed by atoms with Gasteiger partial charge in [-0.05, 0) is 24.3 Å². The number of aromatic nitrogens is 1. The molecule has 1 N–H and O–H groups in total. The van der Waals surface area contributed by atoms with Crippen molar-refractivity contribution in [2.75, 3.05) is 0 Å². The minimum atomic E-state index is -1.25. The number of pyridine rings is 1. The highest BCUT2D eigenvalue weighted by molar-refractivity contribution is 6.39. The number of nitrogens with zero attached hydrogens (tertiary/aromatic N) is 1. The fourth-order valence-electron chi connectivity index (χ4n) is 1.46. The Kier molecular flexibility index (Phi) is 3.50. The van der Waals surface area contributed by atoms with Crippen LogP contribution in [0.25, 0.3) is 11.3 Å². The highest BCUT2D eigenvalue weighted by Gasteiger charge is 2.16. The topological polar surface area (TPSA) is 50.2 Å². The van der Waals surface area contributed by atoms with E-state index in [2.05, 4.69) is 4.98 Å². The third kappa shape index (κ3) is 2.30. The Labute approximate surface area is 112 Å². The standard InChI is InChI=1S/C12H6Cl2FNO2/c13-6-2-1-3-7(14)10(6)11-8(15)4-5-9(16-11)12(17)18/h1-5H,(H,17,18). The van der Waals surface area contributed by atoms with Crippen LogP contribution in [-0.4, -0.2) is 16.1 Å². The van der Waals surface area contributed by atoms with Gasteiger partial charge in [0.15, 0.2) is 0 Å². The first-order chi connectivity index (χ1) is 8.50. The van der Waals surface area contributed by atoms with Crippen LogP contribution in [0.3, 0.4) is 0 Å². The normalized spacial score (nSPS) is 10.4. The quantitative estimate of drug-likeness (QED) is 0.911. The molecule has 0 aliphatic rings. The van der Waals surface area contributed by atoms with Crippen molar-refractivity contribution in [3.63, 3.8) is 0 Å². The van der Waals surface area contributed by atoms with Crippen molar-refractivity contribution in [2.45, 2.75) is 0 Å². The maximum Gasteiger partial charge on any atom is 0.354 e. The predicted molar refractivity (Wildman–Crippen MR) is 66.6 cm³/mol. The Balaban J connectivity index is 2.70. The zero-order chi connectivity index (χ0) is 13.3. The van der Waals surface area contributed by atoms with Crippen molar-refractivity contribution >= 4 is 29.2 Å². The predicted octanol–water partition coefficient (Wildman–Crippen LogP) is 3.89. The van der Waals surface area contributed by atoms with Gasteiger partial charge in [0.25, 0.3) is 0 Å². The van der Waals surface area contributed by atoms with Crippen LogP contribution in [0.5, 0.6) is 0 Å². The molecule has 0 spiro atoms. The van der Waals surface area contributed by atoms with Crippen LogP contribution in [0.4, 0.5) is 4.39 Å². The lowest BCUT2D eigenvalue weighted by Crippen LogP contribution is -2.03. The third-order valence-corrected chi connectivity index (χ3v) is 2.89. The molecule has 1 aromatic carbocycles. The highest BCUT2D eigenvalue weighted by atomic mass is 35.5. The van der Waals surface area contributed by atoms with Gasteiger partial charge in [0.2, 0.25) is 0 Å². The van der Waals surface area contributed by atoms with Gasteiger partial charge < -0.3 is 5.11 Å². The van der Waals surface area contributed by atoms with Crippen LogP contribution in [0.2, 0.25) is 10.0 Å². The van der Waals surface area contributed by atoms with E-state index in [4.69, 9.17) is 28.3 Å². The van der Waals surface area contributed by atoms with Gasteiger partial charge in [0.1, 0.15) is 17.2 Å². The maximum atomic E-state index is 13.7. The van der Waals surface area contributed by atoms with Gasteiger partial charge >= 0.3 is 5.97 Å². The molecule has 6 heteroatoms. The number of halogens is 3. The minimum Gasteiger partial charge on any atom is -0.477 e. The van der Waals surface area contributed by atoms with Crippen LogP contribution in [0.1, 0.15) is 10.5 Å². The lowest BCUT2D eigenvalue weighted by atomic mass is 10.1. The van der Waals surface area contributed by atoms with Crippen LogP contribution in [0, 0.1) is 5.82 Å². The summed E-state index contributed by atoms with van der Waals surface area (Å²) in [5, 5.41) is 9.24. The number of carbonyl (C=O) groups is 1. The number of hydrogen-bond acceptors (Lipinski definition) is 2. The second-order valence-electron chi connectivity index (χ2n) is 3.43. The lowest BCUT2D eigenvalue weighted by molar-refractivity contribution is 0.0690. The first-order valence-corrected chi connectivity index (χ1v) is 5.60. The van der Waals surface area contributed by atoms with E-state index >= 15 is 0 Å². The van der Waals surface area contributed by atoms with Gasteiger partial charge in [-0.15, -0.1) is 0 Å². The Morgan fingerprint density at radius 2 is 1.78 bits per heavy atom. The molecule has 0 saturated carbocycles. The van der Waals surface area contributed by atoms with Crippen molar-refractivity contribution in [2.24, 2.45) is 0 Å². The van der Waals surface area contributed by atoms with Crippen molar-refractivity contribution in [3.8, 4) is 11.3 Å². The molecule has 1 aromatic heterocycles. The van der Waals surface area contributed by atoms with Gasteiger partial charge in [-0.1, -0.05) is 29.3 Å². The SMILES string of the molecule is O=C(O)c1ccc(F)c(-c2c(Cl)cccc2Cl)n1. The average Bonchev–Trinajstić information content (AvgIpc) is 2.30. The summed E-state index contributed by atoms with van der Waals surface area (Å²) in [4.78, 5) is 14.5. The van der Waals surface area contributed by atoms with Crippen LogP contribution >= 0.6 is 23.2 Å². The van der Waals surface area contributed by atoms with Crippen molar-refractivity contribution in [1.29, 1.82) is 0 Å². The Bertz CT molecular complexity index is 611. The molecule has 2 rings (SSSR count). The summed E-state index contributed by atoms with van der Waals surface area (Å²) >= 11 is 11.9. The van der Waals surface area contributed by atoms with Crippen LogP contribution < -0.4 is 0 Å². The van der Waals surface area contributed by atoms with Crippen molar-refractivity contribution in [1.82, 2.24) is 4.98 Å². The first-order valence-electron chi connectivity index (χ1n) is 4.85. The molecule has 0 radical (unpaired) electrons. The first kappa shape index (κ1) is 12.8. The van der Waals surface area contributed by atoms with E-state index in [0.29, 0.717) is 0 Å². The van der Waals surface area contributed by atoms with Gasteiger partial charge in [0, 0.05) is 5.56 Å². The van der Waals surface area contributed by atoms with E-state index in [0.717, 1.165) is 12.1 Å². The van der Waals surface area contributed by atoms with E-state index in [1.165, 1.54) is 12.1 Å². The number of aromatic carboxylic acids is 1. The van der Waals surface area contributed by atoms with Gasteiger partial charge in [-0.25, -0.2) is 14.2 Å². The molecule has 0 bridgehead atoms. The molecule has 0 saturated heterocycles. The second kappa shape index (κ2) is 4.92. The molecule has 18 heavy (non-hydrogen) atoms. The third-order valence-electron chi connectivity index (χ3n) is 2.26. The number of hydrogen-bond donors (Lipinski definition) is 1. The lowest BCUT2D eigenvalue weighted by Gasteiger charge is -2.08. The summed E-state index contributed by atoms with van der Waals surface area (Å²) in [6, 6.07) is 6.75. The molecular weight excluding hydrogens is 280 g/mol. The summed E-state index contributed by atoms with van der Waals surface area (Å²) in [7, 11) is 0. The number of rotatable bonds is 2. The Hall–Kier alpha value is -1.65. The molecule has 0 aliphatic heterocycles. The molecule has 3 nitrogen and oxygen atoms in total. The van der Waals surface area contributed by atoms with Gasteiger partial charge in [0.05, 0.1) is 10.0 Å². The monoisotopic (exact) mass is 285 g/mol. The van der Waals surface area contributed by atoms with E-state index in [1.807, 2.05) is 0 Å². The summed E-state index contributed by atoms with van der Waals surface area (Å²) in [6.45, 7) is 0. The Morgan fingerprint density at radius 3 is 2.33 bits per heavy atom. The summed E-state index contributed by atoms with van der Waals surface area (Å²) in [5.41, 5.74) is -0.269. The minimum absolute atomic E-state index is 0.175. The fourth-order valence-corrected chi connectivity index (χ4v) is 2.04. The average molecular weight is 286 g/mol. The largest absolute Gasteiger partial charge is 0.477 e. The second-order valence-corrected chi connectivity index (χ2v) is 4.24. The molecule has 0 amide bonds. The molecule has 0 aliphatic carbocycles. The number of carboxylic acid groups (broad SMARTS) is 1. The van der Waals surface area contributed by atoms with E-state index in [9.17, 15) is 9.18 Å². The molecule has 0 atom stereocenters. The number of carboxylic acids is 1. The maximum absolute atomic E-state index is 13.7. The van der Waals surface area contributed by atoms with E-state index in [1.54, 1.807) is 6.07 Å². The molecular formula is C12H6Cl2FNO2. The summed E-state index contributed by atoms with van der Waals surface area (Å²) in [6.07, 6.45) is 0. The van der Waals surface area contributed by atoms with Crippen LogP contribution in [0.15, 0.2) is 30.3 Å². The van der Waals surface area contributed by atoms with Crippen molar-refractivity contribution in [3.05, 3.63) is 51.9 Å². The zero-order valence-corrected chi connectivity index (χ0v) is 10.3. The van der Waals surface area contributed by atoms with Gasteiger partial charge in [-0.3, -0.25) is 0 Å². The number of benzene rings is 1. The molecule has 0 fully saturated rings. The molecule has 2 aromatic rings. The highest BCUT2D eigenvalue weighted by Crippen LogP contribution is 2.34. The summed E-state index contributed by atoms with van der Waals surface area (Å²) < 4.78 is 13.7. The van der Waals surface area contributed by atoms with Crippen molar-refractivity contribution < 1.29 is 14.3 Å². The zero-order valence-electron chi connectivity index (χ0n) is 8.82. The fraction of sp³-hybridized carbons (Fsp3) is 0. The van der Waals surface area contributed by atoms with E-state index < -0.39 is 11.8 Å². The van der Waals surface area contributed by atoms with Gasteiger partial charge in [-0.2, -0.15) is 0 Å². The molecule has 1 heterocycles. The summed E-state index contributed by atoms with van der Waals surface area (Å²) in [5.74, 6) is -1.94. The van der Waals surface area contributed by atoms with Crippen LogP contribution in [-0.2, 0) is 0 Å².